The highest BCUT2D eigenvalue weighted by molar-refractivity contribution is 8.00. The fourth-order valence-corrected chi connectivity index (χ4v) is 2.24. The molecule has 1 unspecified atom stereocenters. The standard InChI is InChI=1S/C10H16N4O2S/c1-5-6(2)17-9-8(14(15)16)7(3)12-10(11-4)13-9/h6H,5H2,1-4H3,(H,11,12,13). The van der Waals surface area contributed by atoms with Crippen molar-refractivity contribution in [1.82, 2.24) is 9.97 Å². The van der Waals surface area contributed by atoms with E-state index in [9.17, 15) is 10.1 Å². The molecule has 0 aromatic carbocycles. The number of hydrogen-bond donors (Lipinski definition) is 1. The minimum Gasteiger partial charge on any atom is -0.357 e. The Morgan fingerprint density at radius 3 is 2.65 bits per heavy atom. The summed E-state index contributed by atoms with van der Waals surface area (Å²) in [5.41, 5.74) is 0.398. The van der Waals surface area contributed by atoms with Crippen molar-refractivity contribution in [3.63, 3.8) is 0 Å². The third-order valence-electron chi connectivity index (χ3n) is 2.32. The number of hydrogen-bond acceptors (Lipinski definition) is 6. The molecular weight excluding hydrogens is 240 g/mol. The normalized spacial score (nSPS) is 12.2. The number of aromatic nitrogens is 2. The van der Waals surface area contributed by atoms with Crippen LogP contribution in [0, 0.1) is 17.0 Å². The zero-order chi connectivity index (χ0) is 13.0. The molecule has 0 saturated carbocycles. The van der Waals surface area contributed by atoms with Crippen LogP contribution in [0.4, 0.5) is 11.6 Å². The zero-order valence-corrected chi connectivity index (χ0v) is 11.2. The van der Waals surface area contributed by atoms with E-state index in [1.807, 2.05) is 13.8 Å². The average Bonchev–Trinajstić information content (AvgIpc) is 2.27. The van der Waals surface area contributed by atoms with Crippen molar-refractivity contribution in [3.05, 3.63) is 15.8 Å². The van der Waals surface area contributed by atoms with Crippen LogP contribution < -0.4 is 5.32 Å². The van der Waals surface area contributed by atoms with Crippen LogP contribution in [0.2, 0.25) is 0 Å². The van der Waals surface area contributed by atoms with Crippen molar-refractivity contribution >= 4 is 23.4 Å². The van der Waals surface area contributed by atoms with Crippen LogP contribution in [-0.4, -0.2) is 27.2 Å². The maximum absolute atomic E-state index is 11.0. The Labute approximate surface area is 104 Å². The maximum atomic E-state index is 11.0. The van der Waals surface area contributed by atoms with E-state index in [0.29, 0.717) is 16.7 Å². The molecule has 0 aliphatic carbocycles. The molecular formula is C10H16N4O2S. The fraction of sp³-hybridized carbons (Fsp3) is 0.600. The van der Waals surface area contributed by atoms with E-state index in [2.05, 4.69) is 15.3 Å². The summed E-state index contributed by atoms with van der Waals surface area (Å²) in [6.07, 6.45) is 0.930. The third-order valence-corrected chi connectivity index (χ3v) is 3.56. The first kappa shape index (κ1) is 13.7. The highest BCUT2D eigenvalue weighted by Gasteiger charge is 2.23. The summed E-state index contributed by atoms with van der Waals surface area (Å²) in [5, 5.41) is 14.5. The highest BCUT2D eigenvalue weighted by Crippen LogP contribution is 2.33. The Kier molecular flexibility index (Phi) is 4.68. The van der Waals surface area contributed by atoms with E-state index in [-0.39, 0.29) is 10.9 Å². The van der Waals surface area contributed by atoms with Crippen molar-refractivity contribution in [1.29, 1.82) is 0 Å². The number of aryl methyl sites for hydroxylation is 1. The second-order valence-electron chi connectivity index (χ2n) is 3.63. The molecule has 1 aromatic heterocycles. The lowest BCUT2D eigenvalue weighted by Gasteiger charge is -2.10. The first-order chi connectivity index (χ1) is 7.99. The first-order valence-electron chi connectivity index (χ1n) is 5.37. The third kappa shape index (κ3) is 3.29. The lowest BCUT2D eigenvalue weighted by Crippen LogP contribution is -2.06. The van der Waals surface area contributed by atoms with Gasteiger partial charge in [-0.2, -0.15) is 4.98 Å². The van der Waals surface area contributed by atoms with Gasteiger partial charge >= 0.3 is 5.69 Å². The number of rotatable bonds is 5. The van der Waals surface area contributed by atoms with Crippen molar-refractivity contribution in [2.45, 2.75) is 37.5 Å². The lowest BCUT2D eigenvalue weighted by atomic mass is 10.4. The molecule has 1 rings (SSSR count). The number of thioether (sulfide) groups is 1. The first-order valence-corrected chi connectivity index (χ1v) is 6.25. The number of nitrogens with zero attached hydrogens (tertiary/aromatic N) is 3. The van der Waals surface area contributed by atoms with E-state index in [1.54, 1.807) is 14.0 Å². The Bertz CT molecular complexity index is 425. The van der Waals surface area contributed by atoms with Gasteiger partial charge in [-0.25, -0.2) is 4.98 Å². The Hall–Kier alpha value is -1.37. The molecule has 0 spiro atoms. The topological polar surface area (TPSA) is 81.0 Å². The smallest absolute Gasteiger partial charge is 0.322 e. The Morgan fingerprint density at radius 2 is 2.18 bits per heavy atom. The van der Waals surface area contributed by atoms with Gasteiger partial charge in [0.05, 0.1) is 4.92 Å². The molecule has 0 radical (unpaired) electrons. The van der Waals surface area contributed by atoms with Gasteiger partial charge in [0.1, 0.15) is 5.69 Å². The molecule has 94 valence electrons. The van der Waals surface area contributed by atoms with Crippen LogP contribution in [0.3, 0.4) is 0 Å². The summed E-state index contributed by atoms with van der Waals surface area (Å²) < 4.78 is 0. The molecule has 17 heavy (non-hydrogen) atoms. The minimum atomic E-state index is -0.417. The molecule has 0 aliphatic rings. The molecule has 7 heteroatoms. The van der Waals surface area contributed by atoms with Crippen LogP contribution >= 0.6 is 11.8 Å². The van der Waals surface area contributed by atoms with E-state index >= 15 is 0 Å². The molecule has 0 saturated heterocycles. The summed E-state index contributed by atoms with van der Waals surface area (Å²) in [7, 11) is 1.69. The van der Waals surface area contributed by atoms with Crippen LogP contribution in [0.25, 0.3) is 0 Å². The SMILES string of the molecule is CCC(C)Sc1nc(NC)nc(C)c1[N+](=O)[O-]. The number of nitro groups is 1. The molecule has 0 fully saturated rings. The maximum Gasteiger partial charge on any atom is 0.322 e. The molecule has 0 aliphatic heterocycles. The monoisotopic (exact) mass is 256 g/mol. The molecule has 1 N–H and O–H groups in total. The highest BCUT2D eigenvalue weighted by atomic mass is 32.2. The largest absolute Gasteiger partial charge is 0.357 e. The van der Waals surface area contributed by atoms with Gasteiger partial charge in [0, 0.05) is 12.3 Å². The van der Waals surface area contributed by atoms with E-state index in [4.69, 9.17) is 0 Å². The molecule has 1 heterocycles. The van der Waals surface area contributed by atoms with Crippen molar-refractivity contribution in [3.8, 4) is 0 Å². The van der Waals surface area contributed by atoms with Gasteiger partial charge in [-0.05, 0) is 13.3 Å². The molecule has 1 atom stereocenters. The predicted molar refractivity (Wildman–Crippen MR) is 68.6 cm³/mol. The number of anilines is 1. The van der Waals surface area contributed by atoms with E-state index < -0.39 is 4.92 Å². The van der Waals surface area contributed by atoms with Crippen LogP contribution in [0.5, 0.6) is 0 Å². The summed E-state index contributed by atoms with van der Waals surface area (Å²) in [6.45, 7) is 5.68. The quantitative estimate of drug-likeness (QED) is 0.377. The zero-order valence-electron chi connectivity index (χ0n) is 10.4. The van der Waals surface area contributed by atoms with Gasteiger partial charge in [0.2, 0.25) is 5.95 Å². The van der Waals surface area contributed by atoms with Gasteiger partial charge in [-0.15, -0.1) is 0 Å². The second-order valence-corrected chi connectivity index (χ2v) is 5.06. The van der Waals surface area contributed by atoms with Crippen molar-refractivity contribution in [2.24, 2.45) is 0 Å². The Balaban J connectivity index is 3.22. The second kappa shape index (κ2) is 5.81. The van der Waals surface area contributed by atoms with Gasteiger partial charge in [0.25, 0.3) is 0 Å². The molecule has 0 amide bonds. The van der Waals surface area contributed by atoms with Gasteiger partial charge in [-0.1, -0.05) is 25.6 Å². The van der Waals surface area contributed by atoms with Crippen LogP contribution in [0.1, 0.15) is 26.0 Å². The number of nitrogens with one attached hydrogen (secondary N) is 1. The van der Waals surface area contributed by atoms with Gasteiger partial charge in [-0.3, -0.25) is 10.1 Å². The summed E-state index contributed by atoms with van der Waals surface area (Å²) in [4.78, 5) is 18.8. The average molecular weight is 256 g/mol. The molecule has 0 bridgehead atoms. The van der Waals surface area contributed by atoms with Gasteiger partial charge in [0.15, 0.2) is 5.03 Å². The van der Waals surface area contributed by atoms with Crippen LogP contribution in [0.15, 0.2) is 5.03 Å². The van der Waals surface area contributed by atoms with Crippen molar-refractivity contribution < 1.29 is 4.92 Å². The van der Waals surface area contributed by atoms with Crippen molar-refractivity contribution in [2.75, 3.05) is 12.4 Å². The predicted octanol–water partition coefficient (Wildman–Crippen LogP) is 2.63. The fourth-order valence-electron chi connectivity index (χ4n) is 1.22. The summed E-state index contributed by atoms with van der Waals surface area (Å²) in [5.74, 6) is 0.416. The van der Waals surface area contributed by atoms with Gasteiger partial charge < -0.3 is 5.32 Å². The lowest BCUT2D eigenvalue weighted by molar-refractivity contribution is -0.389. The Morgan fingerprint density at radius 1 is 1.53 bits per heavy atom. The van der Waals surface area contributed by atoms with Crippen LogP contribution in [-0.2, 0) is 0 Å². The minimum absolute atomic E-state index is 0.00861. The molecule has 6 nitrogen and oxygen atoms in total. The summed E-state index contributed by atoms with van der Waals surface area (Å²) in [6, 6.07) is 0. The molecule has 1 aromatic rings. The van der Waals surface area contributed by atoms with E-state index in [1.165, 1.54) is 11.8 Å². The summed E-state index contributed by atoms with van der Waals surface area (Å²) >= 11 is 1.41. The van der Waals surface area contributed by atoms with E-state index in [0.717, 1.165) is 6.42 Å².